The quantitative estimate of drug-likeness (QED) is 0.903. The van der Waals surface area contributed by atoms with Crippen molar-refractivity contribution in [3.05, 3.63) is 70.0 Å². The lowest BCUT2D eigenvalue weighted by Gasteiger charge is -2.12. The van der Waals surface area contributed by atoms with Gasteiger partial charge < -0.3 is 5.11 Å². The van der Waals surface area contributed by atoms with Gasteiger partial charge in [-0.1, -0.05) is 17.7 Å². The van der Waals surface area contributed by atoms with Gasteiger partial charge in [-0.25, -0.2) is 13.2 Å². The average Bonchev–Trinajstić information content (AvgIpc) is 2.32. The van der Waals surface area contributed by atoms with E-state index in [1.165, 1.54) is 12.1 Å². The van der Waals surface area contributed by atoms with Crippen LogP contribution in [-0.2, 0) is 6.42 Å². The molecule has 100 valence electrons. The highest BCUT2D eigenvalue weighted by Gasteiger charge is 2.12. The molecule has 1 atom stereocenters. The van der Waals surface area contributed by atoms with Crippen LogP contribution in [0.3, 0.4) is 0 Å². The molecule has 0 aliphatic heterocycles. The Morgan fingerprint density at radius 2 is 1.63 bits per heavy atom. The van der Waals surface area contributed by atoms with E-state index in [1.54, 1.807) is 6.07 Å². The van der Waals surface area contributed by atoms with E-state index in [2.05, 4.69) is 0 Å². The Kier molecular flexibility index (Phi) is 4.12. The molecule has 0 radical (unpaired) electrons. The summed E-state index contributed by atoms with van der Waals surface area (Å²) in [6.45, 7) is 0. The summed E-state index contributed by atoms with van der Waals surface area (Å²) in [4.78, 5) is 0. The third kappa shape index (κ3) is 3.49. The molecule has 5 heteroatoms. The van der Waals surface area contributed by atoms with Crippen molar-refractivity contribution >= 4 is 11.6 Å². The third-order valence-electron chi connectivity index (χ3n) is 2.68. The van der Waals surface area contributed by atoms with Crippen LogP contribution < -0.4 is 0 Å². The number of aliphatic hydroxyl groups excluding tert-OH is 1. The molecule has 0 aromatic heterocycles. The SMILES string of the molecule is OC(Cc1ccc(Cl)c(F)c1)c1cc(F)cc(F)c1. The van der Waals surface area contributed by atoms with Crippen LogP contribution in [0.5, 0.6) is 0 Å². The zero-order valence-electron chi connectivity index (χ0n) is 9.71. The van der Waals surface area contributed by atoms with Crippen LogP contribution in [0.4, 0.5) is 13.2 Å². The standard InChI is InChI=1S/C14H10ClF3O/c15-12-2-1-8(3-13(12)18)4-14(19)9-5-10(16)7-11(17)6-9/h1-3,5-7,14,19H,4H2. The molecule has 0 heterocycles. The summed E-state index contributed by atoms with van der Waals surface area (Å²) in [6.07, 6.45) is -1.08. The maximum Gasteiger partial charge on any atom is 0.142 e. The van der Waals surface area contributed by atoms with Crippen LogP contribution in [0.2, 0.25) is 5.02 Å². The first kappa shape index (κ1) is 13.9. The van der Waals surface area contributed by atoms with Gasteiger partial charge in [0, 0.05) is 12.5 Å². The molecule has 1 nitrogen and oxygen atoms in total. The van der Waals surface area contributed by atoms with Gasteiger partial charge in [0.15, 0.2) is 0 Å². The van der Waals surface area contributed by atoms with E-state index in [9.17, 15) is 18.3 Å². The zero-order chi connectivity index (χ0) is 14.0. The van der Waals surface area contributed by atoms with Gasteiger partial charge in [-0.2, -0.15) is 0 Å². The minimum absolute atomic E-state index is 0.0185. The van der Waals surface area contributed by atoms with E-state index in [0.29, 0.717) is 5.56 Å². The second-order valence-electron chi connectivity index (χ2n) is 4.17. The summed E-state index contributed by atoms with van der Waals surface area (Å²) in [5.41, 5.74) is 0.590. The van der Waals surface area contributed by atoms with Crippen LogP contribution in [-0.4, -0.2) is 5.11 Å². The van der Waals surface area contributed by atoms with Gasteiger partial charge in [0.2, 0.25) is 0 Å². The molecule has 2 aromatic rings. The number of benzene rings is 2. The van der Waals surface area contributed by atoms with Gasteiger partial charge >= 0.3 is 0 Å². The van der Waals surface area contributed by atoms with Gasteiger partial charge in [0.1, 0.15) is 17.5 Å². The molecule has 0 amide bonds. The van der Waals surface area contributed by atoms with Crippen LogP contribution in [0, 0.1) is 17.5 Å². The molecule has 0 bridgehead atoms. The summed E-state index contributed by atoms with van der Waals surface area (Å²) >= 11 is 5.54. The largest absolute Gasteiger partial charge is 0.388 e. The average molecular weight is 287 g/mol. The normalized spacial score (nSPS) is 12.5. The zero-order valence-corrected chi connectivity index (χ0v) is 10.5. The molecule has 0 spiro atoms. The Morgan fingerprint density at radius 3 is 2.21 bits per heavy atom. The molecule has 0 saturated carbocycles. The maximum absolute atomic E-state index is 13.2. The molecule has 0 aliphatic rings. The Labute approximate surface area is 113 Å². The number of aliphatic hydroxyl groups is 1. The van der Waals surface area contributed by atoms with E-state index >= 15 is 0 Å². The van der Waals surface area contributed by atoms with Crippen molar-refractivity contribution in [1.82, 2.24) is 0 Å². The Hall–Kier alpha value is -1.52. The van der Waals surface area contributed by atoms with Crippen molar-refractivity contribution in [3.63, 3.8) is 0 Å². The summed E-state index contributed by atoms with van der Waals surface area (Å²) in [5, 5.41) is 9.88. The van der Waals surface area contributed by atoms with Crippen molar-refractivity contribution in [2.45, 2.75) is 12.5 Å². The number of halogens is 4. The summed E-state index contributed by atoms with van der Waals surface area (Å²) in [5.74, 6) is -2.13. The first-order chi connectivity index (χ1) is 8.95. The van der Waals surface area contributed by atoms with Crippen molar-refractivity contribution in [1.29, 1.82) is 0 Å². The minimum atomic E-state index is -1.12. The fourth-order valence-corrected chi connectivity index (χ4v) is 1.89. The molecule has 2 rings (SSSR count). The lowest BCUT2D eigenvalue weighted by Crippen LogP contribution is -2.03. The Bertz CT molecular complexity index is 581. The second-order valence-corrected chi connectivity index (χ2v) is 4.58. The van der Waals surface area contributed by atoms with E-state index in [0.717, 1.165) is 18.2 Å². The number of hydrogen-bond acceptors (Lipinski definition) is 1. The highest BCUT2D eigenvalue weighted by atomic mass is 35.5. The first-order valence-corrected chi connectivity index (χ1v) is 5.91. The van der Waals surface area contributed by atoms with Gasteiger partial charge in [-0.05, 0) is 35.4 Å². The van der Waals surface area contributed by atoms with Crippen molar-refractivity contribution in [3.8, 4) is 0 Å². The first-order valence-electron chi connectivity index (χ1n) is 5.53. The monoisotopic (exact) mass is 286 g/mol. The smallest absolute Gasteiger partial charge is 0.142 e. The lowest BCUT2D eigenvalue weighted by atomic mass is 10.0. The predicted octanol–water partition coefficient (Wildman–Crippen LogP) is 4.03. The molecule has 0 aliphatic carbocycles. The summed E-state index contributed by atoms with van der Waals surface area (Å²) in [6, 6.07) is 6.90. The fraction of sp³-hybridized carbons (Fsp3) is 0.143. The summed E-state index contributed by atoms with van der Waals surface area (Å²) in [7, 11) is 0. The maximum atomic E-state index is 13.2. The Balaban J connectivity index is 2.20. The van der Waals surface area contributed by atoms with Gasteiger partial charge in [-0.3, -0.25) is 0 Å². The van der Waals surface area contributed by atoms with Crippen molar-refractivity contribution in [2.24, 2.45) is 0 Å². The Morgan fingerprint density at radius 1 is 1.00 bits per heavy atom. The van der Waals surface area contributed by atoms with E-state index < -0.39 is 23.6 Å². The predicted molar refractivity (Wildman–Crippen MR) is 66.4 cm³/mol. The molecule has 19 heavy (non-hydrogen) atoms. The molecule has 1 N–H and O–H groups in total. The van der Waals surface area contributed by atoms with E-state index in [-0.39, 0.29) is 17.0 Å². The lowest BCUT2D eigenvalue weighted by molar-refractivity contribution is 0.177. The number of hydrogen-bond donors (Lipinski definition) is 1. The van der Waals surface area contributed by atoms with Gasteiger partial charge in [-0.15, -0.1) is 0 Å². The fourth-order valence-electron chi connectivity index (χ4n) is 1.78. The molecule has 2 aromatic carbocycles. The van der Waals surface area contributed by atoms with Crippen LogP contribution in [0.15, 0.2) is 36.4 Å². The van der Waals surface area contributed by atoms with Crippen LogP contribution >= 0.6 is 11.6 Å². The van der Waals surface area contributed by atoms with Crippen molar-refractivity contribution in [2.75, 3.05) is 0 Å². The van der Waals surface area contributed by atoms with Crippen molar-refractivity contribution < 1.29 is 18.3 Å². The topological polar surface area (TPSA) is 20.2 Å². The highest BCUT2D eigenvalue weighted by Crippen LogP contribution is 2.23. The van der Waals surface area contributed by atoms with Crippen LogP contribution in [0.25, 0.3) is 0 Å². The van der Waals surface area contributed by atoms with Crippen LogP contribution in [0.1, 0.15) is 17.2 Å². The molecule has 0 saturated heterocycles. The minimum Gasteiger partial charge on any atom is -0.388 e. The third-order valence-corrected chi connectivity index (χ3v) is 2.99. The van der Waals surface area contributed by atoms with E-state index in [4.69, 9.17) is 11.6 Å². The molecular formula is C14H10ClF3O. The molecule has 1 unspecified atom stereocenters. The van der Waals surface area contributed by atoms with E-state index in [1.807, 2.05) is 0 Å². The summed E-state index contributed by atoms with van der Waals surface area (Å²) < 4.78 is 39.3. The van der Waals surface area contributed by atoms with Gasteiger partial charge in [0.25, 0.3) is 0 Å². The second kappa shape index (κ2) is 5.63. The molecular weight excluding hydrogens is 277 g/mol. The number of rotatable bonds is 3. The van der Waals surface area contributed by atoms with Gasteiger partial charge in [0.05, 0.1) is 11.1 Å². The molecule has 0 fully saturated rings. The highest BCUT2D eigenvalue weighted by molar-refractivity contribution is 6.30.